The molecule has 1 unspecified atom stereocenters. The van der Waals surface area contributed by atoms with Gasteiger partial charge in [0.05, 0.1) is 18.1 Å². The first-order chi connectivity index (χ1) is 24.9. The highest BCUT2D eigenvalue weighted by Gasteiger charge is 2.59. The van der Waals surface area contributed by atoms with Gasteiger partial charge in [0.1, 0.15) is 0 Å². The van der Waals surface area contributed by atoms with Crippen LogP contribution < -0.4 is 26.3 Å². The molecule has 256 valence electrons. The first-order valence-corrected chi connectivity index (χ1v) is 18.9. The third-order valence-electron chi connectivity index (χ3n) is 12.1. The summed E-state index contributed by atoms with van der Waals surface area (Å²) >= 11 is 0. The molecule has 0 fully saturated rings. The van der Waals surface area contributed by atoms with Crippen molar-refractivity contribution < 1.29 is 4.99 Å². The summed E-state index contributed by atoms with van der Waals surface area (Å²) in [4.78, 5) is 6.28. The van der Waals surface area contributed by atoms with Crippen LogP contribution in [0, 0.1) is 0 Å². The Morgan fingerprint density at radius 3 is 1.82 bits per heavy atom. The fourth-order valence-corrected chi connectivity index (χ4v) is 9.47. The molecular weight excluding hydrogens is 615 g/mol. The van der Waals surface area contributed by atoms with Gasteiger partial charge in [-0.2, -0.15) is 22.7 Å². The molecule has 0 saturated carbocycles. The number of rotatable bonds is 7. The van der Waals surface area contributed by atoms with Crippen molar-refractivity contribution in [1.29, 1.82) is 0 Å². The average Bonchev–Trinajstić information content (AvgIpc) is 3.67. The van der Waals surface area contributed by atoms with Crippen LogP contribution in [0.25, 0.3) is 0 Å². The molecule has 3 heteroatoms. The van der Waals surface area contributed by atoms with Crippen LogP contribution in [0.1, 0.15) is 51.2 Å². The monoisotopic (exact) mass is 666 g/mol. The molecule has 0 saturated heterocycles. The molecule has 5 aromatic rings. The van der Waals surface area contributed by atoms with Crippen LogP contribution in [0.4, 0.5) is 11.4 Å². The van der Waals surface area contributed by atoms with Crippen molar-refractivity contribution in [2.24, 2.45) is 0 Å². The van der Waals surface area contributed by atoms with Crippen molar-refractivity contribution in [3.05, 3.63) is 187 Å². The molecule has 1 aliphatic carbocycles. The summed E-state index contributed by atoms with van der Waals surface area (Å²) in [6.45, 7) is 7.10. The summed E-state index contributed by atoms with van der Waals surface area (Å²) in [5.41, 5.74) is 12.3. The summed E-state index contributed by atoms with van der Waals surface area (Å²) in [5.74, 6) is 0. The lowest BCUT2D eigenvalue weighted by Gasteiger charge is -2.47. The van der Waals surface area contributed by atoms with E-state index in [9.17, 15) is 0 Å². The molecule has 51 heavy (non-hydrogen) atoms. The number of allylic oxidation sites excluding steroid dienone is 4. The normalized spacial score (nSPS) is 20.8. The Morgan fingerprint density at radius 1 is 0.667 bits per heavy atom. The third-order valence-corrected chi connectivity index (χ3v) is 12.1. The predicted octanol–water partition coefficient (Wildman–Crippen LogP) is 7.96. The van der Waals surface area contributed by atoms with Crippen molar-refractivity contribution in [3.63, 3.8) is 0 Å². The SMILES string of the molecule is CCCC[B-](c1ccccc1)(c1ccccc1)c1ccccc1.CN1c2ccccc2C(C)(C)C12C\C=C/C=C\C=C/2C1=[NH+]c2ccccc2C1. The molecule has 2 heterocycles. The maximum Gasteiger partial charge on any atom is 0.207 e. The van der Waals surface area contributed by atoms with Crippen LogP contribution in [0.2, 0.25) is 6.32 Å². The van der Waals surface area contributed by atoms with Gasteiger partial charge in [-0.15, -0.1) is 0 Å². The lowest BCUT2D eigenvalue weighted by atomic mass is 9.14. The first-order valence-electron chi connectivity index (χ1n) is 18.9. The smallest absolute Gasteiger partial charge is 0.207 e. The van der Waals surface area contributed by atoms with Crippen molar-refractivity contribution in [3.8, 4) is 0 Å². The van der Waals surface area contributed by atoms with Gasteiger partial charge in [-0.1, -0.05) is 191 Å². The molecule has 1 atom stereocenters. The molecular formula is C48H51BN2. The zero-order valence-electron chi connectivity index (χ0n) is 30.7. The summed E-state index contributed by atoms with van der Waals surface area (Å²) in [6, 6.07) is 50.7. The van der Waals surface area contributed by atoms with Gasteiger partial charge in [0.25, 0.3) is 0 Å². The number of nitrogens with one attached hydrogen (secondary N) is 1. The highest BCUT2D eigenvalue weighted by atomic mass is 15.2. The first kappa shape index (κ1) is 34.3. The number of para-hydroxylation sites is 2. The molecule has 2 nitrogen and oxygen atoms in total. The molecule has 8 rings (SSSR count). The quantitative estimate of drug-likeness (QED) is 0.175. The van der Waals surface area contributed by atoms with Gasteiger partial charge >= 0.3 is 0 Å². The van der Waals surface area contributed by atoms with Crippen LogP contribution in [-0.2, 0) is 11.8 Å². The Bertz CT molecular complexity index is 1980. The van der Waals surface area contributed by atoms with Gasteiger partial charge in [0.15, 0.2) is 5.71 Å². The molecule has 1 spiro atoms. The Hall–Kier alpha value is -5.15. The van der Waals surface area contributed by atoms with E-state index in [1.54, 1.807) is 0 Å². The van der Waals surface area contributed by atoms with Gasteiger partial charge in [0, 0.05) is 35.4 Å². The lowest BCUT2D eigenvalue weighted by Crippen LogP contribution is -2.68. The number of fused-ring (bicyclic) bond motifs is 2. The fraction of sp³-hybridized carbons (Fsp3) is 0.229. The summed E-state index contributed by atoms with van der Waals surface area (Å²) in [6.07, 6.45) is 15.8. The number of benzene rings is 5. The van der Waals surface area contributed by atoms with E-state index < -0.39 is 6.15 Å². The third kappa shape index (κ3) is 6.03. The number of hydrogen-bond donors (Lipinski definition) is 1. The van der Waals surface area contributed by atoms with E-state index in [0.717, 1.165) is 12.8 Å². The predicted molar refractivity (Wildman–Crippen MR) is 221 cm³/mol. The number of hydrogen-bond acceptors (Lipinski definition) is 1. The standard InChI is InChI=1S/C26H26N2.C22H24B/c1-25(2)21-14-8-10-16-24(21)28(3)26(25)17-11-5-4-6-13-20(26)23-18-19-12-7-9-15-22(19)27-23;1-2-3-19-23(20-13-7-4-8-14-20,21-15-9-5-10-16-21)22-17-11-6-12-18-22/h4-16H,17-18H2,1-3H3;4-18H,2-3,19H2,1H3/q;-1/p+1/b6-4-,11-5-,20-13-;. The summed E-state index contributed by atoms with van der Waals surface area (Å²) in [5, 5.41) is 0. The number of unbranched alkanes of at least 4 members (excludes halogenated alkanes) is 1. The molecule has 2 aliphatic heterocycles. The number of likely N-dealkylation sites (N-methyl/N-ethyl adjacent to an activating group) is 1. The molecule has 3 aliphatic rings. The number of anilines is 1. The van der Waals surface area contributed by atoms with Gasteiger partial charge in [-0.25, -0.2) is 4.99 Å². The zero-order valence-corrected chi connectivity index (χ0v) is 30.7. The van der Waals surface area contributed by atoms with Crippen LogP contribution in [0.5, 0.6) is 0 Å². The maximum absolute atomic E-state index is 3.75. The molecule has 0 aromatic heterocycles. The minimum absolute atomic E-state index is 0.0247. The van der Waals surface area contributed by atoms with E-state index >= 15 is 0 Å². The van der Waals surface area contributed by atoms with Crippen LogP contribution in [0.15, 0.2) is 175 Å². The zero-order chi connectivity index (χ0) is 35.3. The van der Waals surface area contributed by atoms with Crippen LogP contribution in [-0.4, -0.2) is 24.4 Å². The van der Waals surface area contributed by atoms with Crippen molar-refractivity contribution >= 4 is 39.6 Å². The molecule has 1 N–H and O–H groups in total. The molecule has 0 amide bonds. The average molecular weight is 667 g/mol. The number of nitrogens with zero attached hydrogens (tertiary/aromatic N) is 1. The maximum atomic E-state index is 3.75. The van der Waals surface area contributed by atoms with E-state index in [1.165, 1.54) is 69.3 Å². The van der Waals surface area contributed by atoms with Crippen molar-refractivity contribution in [2.75, 3.05) is 11.9 Å². The second-order valence-electron chi connectivity index (χ2n) is 15.0. The Balaban J connectivity index is 0.000000163. The largest absolute Gasteiger partial charge is 0.363 e. The summed E-state index contributed by atoms with van der Waals surface area (Å²) in [7, 11) is 2.27. The van der Waals surface area contributed by atoms with Gasteiger partial charge in [0.2, 0.25) is 5.69 Å². The highest BCUT2D eigenvalue weighted by Crippen LogP contribution is 2.56. The van der Waals surface area contributed by atoms with Crippen LogP contribution >= 0.6 is 0 Å². The lowest BCUT2D eigenvalue weighted by molar-refractivity contribution is -0.349. The Kier molecular flexibility index (Phi) is 9.83. The van der Waals surface area contributed by atoms with Gasteiger partial charge in [-0.3, -0.25) is 0 Å². The van der Waals surface area contributed by atoms with Crippen LogP contribution in [0.3, 0.4) is 0 Å². The van der Waals surface area contributed by atoms with E-state index in [-0.39, 0.29) is 11.0 Å². The fourth-order valence-electron chi connectivity index (χ4n) is 9.47. The van der Waals surface area contributed by atoms with E-state index in [4.69, 9.17) is 0 Å². The van der Waals surface area contributed by atoms with E-state index in [0.29, 0.717) is 0 Å². The topological polar surface area (TPSA) is 17.2 Å². The minimum Gasteiger partial charge on any atom is -0.363 e. The molecule has 0 radical (unpaired) electrons. The Labute approximate surface area is 305 Å². The van der Waals surface area contributed by atoms with Crippen molar-refractivity contribution in [2.45, 2.75) is 63.7 Å². The minimum atomic E-state index is -0.913. The second-order valence-corrected chi connectivity index (χ2v) is 15.0. The van der Waals surface area contributed by atoms with E-state index in [2.05, 4.69) is 208 Å². The highest BCUT2D eigenvalue weighted by molar-refractivity contribution is 7.11. The van der Waals surface area contributed by atoms with E-state index in [1.807, 2.05) is 0 Å². The summed E-state index contributed by atoms with van der Waals surface area (Å²) < 4.78 is 0. The molecule has 5 aromatic carbocycles. The second kappa shape index (κ2) is 14.6. The van der Waals surface area contributed by atoms with Crippen molar-refractivity contribution in [1.82, 2.24) is 0 Å². The molecule has 0 bridgehead atoms. The van der Waals surface area contributed by atoms with Gasteiger partial charge < -0.3 is 4.90 Å². The van der Waals surface area contributed by atoms with Gasteiger partial charge in [-0.05, 0) is 18.1 Å². The Morgan fingerprint density at radius 2 is 1.24 bits per heavy atom.